The van der Waals surface area contributed by atoms with Gasteiger partial charge in [0.05, 0.1) is 16.6 Å². The molecule has 1 unspecified atom stereocenters. The SMILES string of the molecule is CC(=O)c1c(C)[nH]c(C(=O)C(C)Sc2nnnn2-c2ccc(C)cc2)c1C. The number of aromatic amines is 1. The van der Waals surface area contributed by atoms with Gasteiger partial charge in [-0.05, 0) is 62.7 Å². The molecule has 0 amide bonds. The maximum atomic E-state index is 12.9. The number of hydrogen-bond donors (Lipinski definition) is 1. The number of ketones is 2. The molecule has 0 saturated carbocycles. The first-order chi connectivity index (χ1) is 12.8. The molecule has 3 rings (SSSR count). The lowest BCUT2D eigenvalue weighted by Gasteiger charge is -2.10. The van der Waals surface area contributed by atoms with Crippen molar-refractivity contribution in [2.24, 2.45) is 0 Å². The number of Topliss-reactive ketones (excluding diaryl/α,β-unsaturated/α-hetero) is 2. The average molecular weight is 383 g/mol. The summed E-state index contributed by atoms with van der Waals surface area (Å²) >= 11 is 1.28. The molecule has 27 heavy (non-hydrogen) atoms. The van der Waals surface area contributed by atoms with Crippen molar-refractivity contribution in [1.29, 1.82) is 0 Å². The minimum atomic E-state index is -0.420. The molecule has 3 aromatic rings. The first kappa shape index (κ1) is 19.0. The summed E-state index contributed by atoms with van der Waals surface area (Å²) < 4.78 is 1.61. The van der Waals surface area contributed by atoms with E-state index in [0.717, 1.165) is 11.3 Å². The molecular weight excluding hydrogens is 362 g/mol. The van der Waals surface area contributed by atoms with Crippen LogP contribution < -0.4 is 0 Å². The van der Waals surface area contributed by atoms with E-state index in [1.807, 2.05) is 38.1 Å². The fourth-order valence-electron chi connectivity index (χ4n) is 3.04. The van der Waals surface area contributed by atoms with Gasteiger partial charge in [0.15, 0.2) is 11.6 Å². The minimum Gasteiger partial charge on any atom is -0.355 e. The van der Waals surface area contributed by atoms with Crippen LogP contribution in [0.15, 0.2) is 29.4 Å². The van der Waals surface area contributed by atoms with Crippen molar-refractivity contribution in [2.75, 3.05) is 0 Å². The molecule has 8 heteroatoms. The van der Waals surface area contributed by atoms with Crippen LogP contribution in [0.4, 0.5) is 0 Å². The summed E-state index contributed by atoms with van der Waals surface area (Å²) in [6, 6.07) is 7.82. The number of benzene rings is 1. The van der Waals surface area contributed by atoms with Crippen LogP contribution >= 0.6 is 11.8 Å². The van der Waals surface area contributed by atoms with Gasteiger partial charge in [0.2, 0.25) is 5.16 Å². The number of tetrazole rings is 1. The van der Waals surface area contributed by atoms with Gasteiger partial charge in [-0.2, -0.15) is 4.68 Å². The van der Waals surface area contributed by atoms with Crippen LogP contribution in [-0.2, 0) is 0 Å². The topological polar surface area (TPSA) is 93.5 Å². The van der Waals surface area contributed by atoms with Crippen molar-refractivity contribution in [3.63, 3.8) is 0 Å². The maximum Gasteiger partial charge on any atom is 0.214 e. The molecular formula is C19H21N5O2S. The second-order valence-corrected chi connectivity index (χ2v) is 7.82. The highest BCUT2D eigenvalue weighted by Crippen LogP contribution is 2.27. The third-order valence-electron chi connectivity index (χ3n) is 4.41. The van der Waals surface area contributed by atoms with E-state index in [1.54, 1.807) is 18.5 Å². The average Bonchev–Trinajstić information content (AvgIpc) is 3.18. The predicted octanol–water partition coefficient (Wildman–Crippen LogP) is 3.48. The van der Waals surface area contributed by atoms with E-state index in [0.29, 0.717) is 27.7 Å². The molecule has 2 heterocycles. The van der Waals surface area contributed by atoms with Gasteiger partial charge in [-0.25, -0.2) is 0 Å². The number of carbonyl (C=O) groups is 2. The Kier molecular flexibility index (Phi) is 5.27. The van der Waals surface area contributed by atoms with Gasteiger partial charge in [-0.3, -0.25) is 9.59 Å². The molecule has 7 nitrogen and oxygen atoms in total. The monoisotopic (exact) mass is 383 g/mol. The van der Waals surface area contributed by atoms with E-state index >= 15 is 0 Å². The Labute approximate surface area is 161 Å². The highest BCUT2D eigenvalue weighted by atomic mass is 32.2. The quantitative estimate of drug-likeness (QED) is 0.517. The number of aryl methyl sites for hydroxylation is 2. The lowest BCUT2D eigenvalue weighted by molar-refractivity contribution is 0.0988. The van der Waals surface area contributed by atoms with E-state index in [2.05, 4.69) is 20.5 Å². The standard InChI is InChI=1S/C19H21N5O2S/c1-10-6-8-15(9-7-10)24-19(21-22-23-24)27-14(5)18(26)17-11(2)16(13(4)25)12(3)20-17/h6-9,14,20H,1-5H3. The van der Waals surface area contributed by atoms with Crippen LogP contribution in [0.1, 0.15) is 51.5 Å². The molecule has 0 aliphatic heterocycles. The molecule has 0 saturated heterocycles. The van der Waals surface area contributed by atoms with E-state index in [-0.39, 0.29) is 11.6 Å². The molecule has 0 bridgehead atoms. The number of nitrogens with zero attached hydrogens (tertiary/aromatic N) is 4. The molecule has 0 aliphatic rings. The fourth-order valence-corrected chi connectivity index (χ4v) is 3.91. The Bertz CT molecular complexity index is 1000. The zero-order valence-corrected chi connectivity index (χ0v) is 16.7. The van der Waals surface area contributed by atoms with E-state index in [9.17, 15) is 9.59 Å². The number of aromatic nitrogens is 5. The summed E-state index contributed by atoms with van der Waals surface area (Å²) in [5, 5.41) is 11.9. The van der Waals surface area contributed by atoms with Gasteiger partial charge in [-0.1, -0.05) is 29.5 Å². The van der Waals surface area contributed by atoms with Gasteiger partial charge < -0.3 is 4.98 Å². The summed E-state index contributed by atoms with van der Waals surface area (Å²) in [5.41, 5.74) is 4.43. The van der Waals surface area contributed by atoms with Crippen LogP contribution in [0.25, 0.3) is 5.69 Å². The Hall–Kier alpha value is -2.74. The molecule has 1 N–H and O–H groups in total. The van der Waals surface area contributed by atoms with Crippen molar-refractivity contribution in [1.82, 2.24) is 25.2 Å². The lowest BCUT2D eigenvalue weighted by Crippen LogP contribution is -2.16. The van der Waals surface area contributed by atoms with Gasteiger partial charge >= 0.3 is 0 Å². The van der Waals surface area contributed by atoms with Crippen molar-refractivity contribution < 1.29 is 9.59 Å². The van der Waals surface area contributed by atoms with Gasteiger partial charge in [-0.15, -0.1) is 5.10 Å². The van der Waals surface area contributed by atoms with Gasteiger partial charge in [0, 0.05) is 11.3 Å². The second kappa shape index (κ2) is 7.48. The largest absolute Gasteiger partial charge is 0.355 e. The summed E-state index contributed by atoms with van der Waals surface area (Å²) in [7, 11) is 0. The van der Waals surface area contributed by atoms with Gasteiger partial charge in [0.25, 0.3) is 0 Å². The van der Waals surface area contributed by atoms with E-state index in [1.165, 1.54) is 18.7 Å². The van der Waals surface area contributed by atoms with Crippen molar-refractivity contribution in [2.45, 2.75) is 45.0 Å². The maximum absolute atomic E-state index is 12.9. The number of rotatable bonds is 6. The number of hydrogen-bond acceptors (Lipinski definition) is 6. The van der Waals surface area contributed by atoms with Crippen LogP contribution in [-0.4, -0.2) is 42.0 Å². The van der Waals surface area contributed by atoms with E-state index < -0.39 is 5.25 Å². The lowest BCUT2D eigenvalue weighted by atomic mass is 10.0. The molecule has 0 aliphatic carbocycles. The van der Waals surface area contributed by atoms with E-state index in [4.69, 9.17) is 0 Å². The Morgan fingerprint density at radius 3 is 2.41 bits per heavy atom. The van der Waals surface area contributed by atoms with Crippen LogP contribution in [0.5, 0.6) is 0 Å². The van der Waals surface area contributed by atoms with Crippen LogP contribution in [0.3, 0.4) is 0 Å². The summed E-state index contributed by atoms with van der Waals surface area (Å²) in [6.45, 7) is 8.92. The number of thioether (sulfide) groups is 1. The molecule has 0 radical (unpaired) electrons. The third kappa shape index (κ3) is 3.71. The molecule has 140 valence electrons. The minimum absolute atomic E-state index is 0.0519. The fraction of sp³-hybridized carbons (Fsp3) is 0.316. The second-order valence-electron chi connectivity index (χ2n) is 6.51. The molecule has 0 fully saturated rings. The highest BCUT2D eigenvalue weighted by Gasteiger charge is 2.26. The number of nitrogens with one attached hydrogen (secondary N) is 1. The summed E-state index contributed by atoms with van der Waals surface area (Å²) in [6.07, 6.45) is 0. The Morgan fingerprint density at radius 1 is 1.15 bits per heavy atom. The summed E-state index contributed by atoms with van der Waals surface area (Å²) in [5.74, 6) is -0.143. The zero-order valence-electron chi connectivity index (χ0n) is 15.9. The molecule has 2 aromatic heterocycles. The zero-order chi connectivity index (χ0) is 19.7. The molecule has 0 spiro atoms. The number of carbonyl (C=O) groups excluding carboxylic acids is 2. The molecule has 1 atom stereocenters. The van der Waals surface area contributed by atoms with Crippen molar-refractivity contribution in [3.8, 4) is 5.69 Å². The Morgan fingerprint density at radius 2 is 1.81 bits per heavy atom. The smallest absolute Gasteiger partial charge is 0.214 e. The first-order valence-corrected chi connectivity index (χ1v) is 9.44. The van der Waals surface area contributed by atoms with Crippen molar-refractivity contribution >= 4 is 23.3 Å². The van der Waals surface area contributed by atoms with Crippen LogP contribution in [0, 0.1) is 20.8 Å². The number of H-pyrrole nitrogens is 1. The predicted molar refractivity (Wildman–Crippen MR) is 104 cm³/mol. The van der Waals surface area contributed by atoms with Crippen LogP contribution in [0.2, 0.25) is 0 Å². The summed E-state index contributed by atoms with van der Waals surface area (Å²) in [4.78, 5) is 27.8. The third-order valence-corrected chi connectivity index (χ3v) is 5.44. The Balaban J connectivity index is 1.85. The molecule has 1 aromatic carbocycles. The highest BCUT2D eigenvalue weighted by molar-refractivity contribution is 8.00. The van der Waals surface area contributed by atoms with Crippen molar-refractivity contribution in [3.05, 3.63) is 52.3 Å². The van der Waals surface area contributed by atoms with Gasteiger partial charge in [0.1, 0.15) is 0 Å². The normalized spacial score (nSPS) is 12.2. The first-order valence-electron chi connectivity index (χ1n) is 8.56.